The van der Waals surface area contributed by atoms with Crippen molar-refractivity contribution in [1.29, 1.82) is 0 Å². The first kappa shape index (κ1) is 19.7. The fourth-order valence-electron chi connectivity index (χ4n) is 3.28. The normalized spacial score (nSPS) is 16.8. The van der Waals surface area contributed by atoms with Crippen LogP contribution in [0.4, 0.5) is 4.79 Å². The number of amides is 2. The van der Waals surface area contributed by atoms with Gasteiger partial charge in [-0.2, -0.15) is 0 Å². The molecule has 1 aliphatic rings. The second kappa shape index (κ2) is 9.72. The summed E-state index contributed by atoms with van der Waals surface area (Å²) in [7, 11) is 0. The summed E-state index contributed by atoms with van der Waals surface area (Å²) in [5.74, 6) is -0.629. The number of hydrogen-bond acceptors (Lipinski definition) is 3. The average molecular weight is 375 g/mol. The lowest BCUT2D eigenvalue weighted by Crippen LogP contribution is -2.38. The number of rotatable bonds is 7. The molecule has 2 amide bonds. The Kier molecular flexibility index (Phi) is 6.83. The van der Waals surface area contributed by atoms with E-state index in [2.05, 4.69) is 12.7 Å². The van der Waals surface area contributed by atoms with Crippen LogP contribution in [0.5, 0.6) is 0 Å². The van der Waals surface area contributed by atoms with Gasteiger partial charge in [-0.1, -0.05) is 80.4 Å². The molecule has 2 atom stereocenters. The fraction of sp³-hybridized carbons (Fsp3) is 0.292. The van der Waals surface area contributed by atoms with Gasteiger partial charge in [-0.25, -0.2) is 9.69 Å². The molecule has 0 radical (unpaired) electrons. The lowest BCUT2D eigenvalue weighted by molar-refractivity contribution is -0.132. The number of carbonyl (C=O) groups is 2. The first-order valence-corrected chi connectivity index (χ1v) is 9.73. The third-order valence-electron chi connectivity index (χ3n) is 4.83. The Morgan fingerprint density at radius 3 is 2.54 bits per heavy atom. The molecular formula is C24H25NO3. The summed E-state index contributed by atoms with van der Waals surface area (Å²) in [5, 5.41) is 0. The van der Waals surface area contributed by atoms with E-state index in [0.29, 0.717) is 6.42 Å². The van der Waals surface area contributed by atoms with Crippen molar-refractivity contribution in [3.63, 3.8) is 0 Å². The van der Waals surface area contributed by atoms with Gasteiger partial charge < -0.3 is 4.74 Å². The summed E-state index contributed by atoms with van der Waals surface area (Å²) < 4.78 is 5.21. The zero-order chi connectivity index (χ0) is 19.8. The van der Waals surface area contributed by atoms with Gasteiger partial charge >= 0.3 is 6.09 Å². The highest BCUT2D eigenvalue weighted by molar-refractivity contribution is 5.95. The molecule has 2 aromatic carbocycles. The number of ether oxygens (including phenoxy) is 1. The molecule has 144 valence electrons. The zero-order valence-corrected chi connectivity index (χ0v) is 16.1. The second-order valence-electron chi connectivity index (χ2n) is 6.85. The molecule has 1 aliphatic heterocycles. The van der Waals surface area contributed by atoms with Crippen molar-refractivity contribution in [2.24, 2.45) is 5.92 Å². The fourth-order valence-corrected chi connectivity index (χ4v) is 3.28. The van der Waals surface area contributed by atoms with Crippen LogP contribution in [0.2, 0.25) is 0 Å². The predicted octanol–water partition coefficient (Wildman–Crippen LogP) is 5.38. The van der Waals surface area contributed by atoms with Crippen LogP contribution in [0.15, 0.2) is 72.5 Å². The topological polar surface area (TPSA) is 46.6 Å². The summed E-state index contributed by atoms with van der Waals surface area (Å²) in [5.41, 5.74) is 5.05. The van der Waals surface area contributed by atoms with Crippen LogP contribution in [0.1, 0.15) is 43.4 Å². The van der Waals surface area contributed by atoms with Gasteiger partial charge in [0.25, 0.3) is 0 Å². The molecule has 2 aromatic rings. The van der Waals surface area contributed by atoms with Crippen molar-refractivity contribution >= 4 is 18.1 Å². The molecule has 0 N–H and O–H groups in total. The Hall–Kier alpha value is -3.10. The third kappa shape index (κ3) is 4.79. The van der Waals surface area contributed by atoms with Crippen molar-refractivity contribution < 1.29 is 14.3 Å². The lowest BCUT2D eigenvalue weighted by Gasteiger charge is -2.23. The molecule has 0 aliphatic carbocycles. The largest absolute Gasteiger partial charge is 0.446 e. The van der Waals surface area contributed by atoms with Gasteiger partial charge in [0.1, 0.15) is 12.6 Å². The van der Waals surface area contributed by atoms with E-state index >= 15 is 0 Å². The summed E-state index contributed by atoms with van der Waals surface area (Å²) >= 11 is 0. The molecule has 0 bridgehead atoms. The number of cyclic esters (lactones) is 1. The zero-order valence-electron chi connectivity index (χ0n) is 16.1. The van der Waals surface area contributed by atoms with E-state index in [9.17, 15) is 9.59 Å². The smallest absolute Gasteiger partial charge is 0.417 e. The maximum atomic E-state index is 13.2. The first-order valence-electron chi connectivity index (χ1n) is 9.73. The highest BCUT2D eigenvalue weighted by Crippen LogP contribution is 2.30. The van der Waals surface area contributed by atoms with Crippen molar-refractivity contribution in [2.75, 3.05) is 6.61 Å². The number of imide groups is 1. The number of hydrogen-bond donors (Lipinski definition) is 0. The van der Waals surface area contributed by atoms with Crippen LogP contribution < -0.4 is 0 Å². The molecule has 28 heavy (non-hydrogen) atoms. The highest BCUT2D eigenvalue weighted by atomic mass is 16.6. The number of carbonyl (C=O) groups excluding carboxylic acids is 2. The average Bonchev–Trinajstić information content (AvgIpc) is 3.13. The van der Waals surface area contributed by atoms with E-state index in [1.807, 2.05) is 66.7 Å². The molecule has 0 unspecified atom stereocenters. The van der Waals surface area contributed by atoms with Crippen LogP contribution in [0.3, 0.4) is 0 Å². The predicted molar refractivity (Wildman–Crippen MR) is 109 cm³/mol. The van der Waals surface area contributed by atoms with E-state index in [1.54, 1.807) is 6.08 Å². The second-order valence-corrected chi connectivity index (χ2v) is 6.85. The van der Waals surface area contributed by atoms with Gasteiger partial charge in [0, 0.05) is 0 Å². The molecule has 0 aromatic heterocycles. The van der Waals surface area contributed by atoms with Crippen molar-refractivity contribution in [3.05, 3.63) is 83.6 Å². The van der Waals surface area contributed by atoms with E-state index < -0.39 is 12.0 Å². The summed E-state index contributed by atoms with van der Waals surface area (Å²) in [4.78, 5) is 26.8. The maximum absolute atomic E-state index is 13.2. The maximum Gasteiger partial charge on any atom is 0.417 e. The number of benzene rings is 2. The molecular weight excluding hydrogens is 350 g/mol. The van der Waals surface area contributed by atoms with Gasteiger partial charge in [0.2, 0.25) is 5.91 Å². The summed E-state index contributed by atoms with van der Waals surface area (Å²) in [6.45, 7) is 2.28. The minimum atomic E-state index is -0.569. The lowest BCUT2D eigenvalue weighted by atomic mass is 9.98. The standard InChI is InChI=1S/C24H25NO3/c1-2-3-14-21(17-10-13-19-11-6-4-7-12-19)23(26)25-22(18-28-24(25)27)20-15-8-5-9-16-20/h4-9,11-13,15-17,21-22H,2-3,14,18H2,1H3/t10?,21-,22-/m1/s1. The minimum absolute atomic E-state index is 0.193. The Labute approximate surface area is 166 Å². The monoisotopic (exact) mass is 375 g/mol. The number of unbranched alkanes of at least 4 members (excludes halogenated alkanes) is 1. The third-order valence-corrected chi connectivity index (χ3v) is 4.83. The van der Waals surface area contributed by atoms with Crippen LogP contribution in [0, 0.1) is 5.92 Å². The molecule has 3 rings (SSSR count). The van der Waals surface area contributed by atoms with Gasteiger partial charge in [0.05, 0.1) is 5.92 Å². The van der Waals surface area contributed by atoms with E-state index in [-0.39, 0.29) is 18.6 Å². The Bertz CT molecular complexity index is 854. The Morgan fingerprint density at radius 1 is 1.18 bits per heavy atom. The Balaban J connectivity index is 1.83. The van der Waals surface area contributed by atoms with Gasteiger partial charge in [-0.3, -0.25) is 4.79 Å². The van der Waals surface area contributed by atoms with Crippen LogP contribution in [-0.4, -0.2) is 23.5 Å². The molecule has 4 heteroatoms. The van der Waals surface area contributed by atoms with E-state index in [4.69, 9.17) is 4.74 Å². The van der Waals surface area contributed by atoms with Gasteiger partial charge in [0.15, 0.2) is 0 Å². The van der Waals surface area contributed by atoms with Crippen molar-refractivity contribution in [2.45, 2.75) is 32.2 Å². The van der Waals surface area contributed by atoms with E-state index in [0.717, 1.165) is 24.0 Å². The number of nitrogens with zero attached hydrogens (tertiary/aromatic N) is 1. The molecule has 1 heterocycles. The van der Waals surface area contributed by atoms with E-state index in [1.165, 1.54) is 4.90 Å². The quantitative estimate of drug-likeness (QED) is 0.610. The minimum Gasteiger partial charge on any atom is -0.446 e. The SMILES string of the molecule is CCCC[C@H](C=C=Cc1ccccc1)C(=O)N1C(=O)OC[C@@H]1c1ccccc1. The summed E-state index contributed by atoms with van der Waals surface area (Å²) in [6.07, 6.45) is 5.62. The highest BCUT2D eigenvalue weighted by Gasteiger charge is 2.40. The molecule has 0 saturated carbocycles. The van der Waals surface area contributed by atoms with Crippen LogP contribution >= 0.6 is 0 Å². The Morgan fingerprint density at radius 2 is 1.86 bits per heavy atom. The molecule has 0 spiro atoms. The van der Waals surface area contributed by atoms with Gasteiger partial charge in [-0.05, 0) is 29.7 Å². The molecule has 1 saturated heterocycles. The molecule has 4 nitrogen and oxygen atoms in total. The first-order chi connectivity index (χ1) is 13.7. The van der Waals surface area contributed by atoms with Gasteiger partial charge in [-0.15, -0.1) is 5.73 Å². The van der Waals surface area contributed by atoms with Crippen LogP contribution in [-0.2, 0) is 9.53 Å². The van der Waals surface area contributed by atoms with Crippen molar-refractivity contribution in [3.8, 4) is 0 Å². The van der Waals surface area contributed by atoms with Crippen LogP contribution in [0.25, 0.3) is 6.08 Å². The molecule has 1 fully saturated rings. The summed E-state index contributed by atoms with van der Waals surface area (Å²) in [6, 6.07) is 19.0. The van der Waals surface area contributed by atoms with Crippen molar-refractivity contribution in [1.82, 2.24) is 4.90 Å².